The monoisotopic (exact) mass is 330 g/mol. The minimum absolute atomic E-state index is 0.0448. The van der Waals surface area contributed by atoms with Gasteiger partial charge in [0, 0.05) is 23.3 Å². The zero-order valence-corrected chi connectivity index (χ0v) is 14.6. The molecular weight excluding hydrogens is 308 g/mol. The molecule has 2 aliphatic rings. The molecule has 0 aromatic heterocycles. The Morgan fingerprint density at radius 3 is 2.21 bits per heavy atom. The summed E-state index contributed by atoms with van der Waals surface area (Å²) in [6, 6.07) is 5.68. The second-order valence-corrected chi connectivity index (χ2v) is 6.65. The molecule has 0 saturated heterocycles. The summed E-state index contributed by atoms with van der Waals surface area (Å²) in [6.45, 7) is 3.89. The zero-order chi connectivity index (χ0) is 17.6. The van der Waals surface area contributed by atoms with E-state index in [0.717, 1.165) is 5.56 Å². The largest absolute Gasteiger partial charge is 0.493 e. The van der Waals surface area contributed by atoms with Crippen LogP contribution >= 0.6 is 0 Å². The highest BCUT2D eigenvalue weighted by atomic mass is 16.5. The minimum atomic E-state index is -0.738. The Labute approximate surface area is 141 Å². The maximum atomic E-state index is 12.7. The second-order valence-electron chi connectivity index (χ2n) is 6.65. The normalized spacial score (nSPS) is 31.7. The highest BCUT2D eigenvalue weighted by molar-refractivity contribution is 6.13. The number of carbonyl (C=O) groups is 2. The molecule has 2 aliphatic carbocycles. The van der Waals surface area contributed by atoms with Gasteiger partial charge in [0.1, 0.15) is 0 Å². The summed E-state index contributed by atoms with van der Waals surface area (Å²) >= 11 is 0. The highest BCUT2D eigenvalue weighted by Crippen LogP contribution is 2.64. The lowest BCUT2D eigenvalue weighted by Crippen LogP contribution is -2.61. The lowest BCUT2D eigenvalue weighted by molar-refractivity contribution is -0.158. The van der Waals surface area contributed by atoms with E-state index in [9.17, 15) is 9.59 Å². The quantitative estimate of drug-likeness (QED) is 0.849. The van der Waals surface area contributed by atoms with Crippen molar-refractivity contribution in [3.05, 3.63) is 35.6 Å². The smallest absolute Gasteiger partial charge is 0.201 e. The Kier molecular flexibility index (Phi) is 3.90. The van der Waals surface area contributed by atoms with E-state index in [2.05, 4.69) is 0 Å². The van der Waals surface area contributed by atoms with Crippen molar-refractivity contribution in [2.75, 3.05) is 21.3 Å². The van der Waals surface area contributed by atoms with Crippen LogP contribution in [0.1, 0.15) is 25.3 Å². The zero-order valence-electron chi connectivity index (χ0n) is 14.6. The van der Waals surface area contributed by atoms with Gasteiger partial charge in [-0.15, -0.1) is 0 Å². The van der Waals surface area contributed by atoms with Gasteiger partial charge in [0.25, 0.3) is 0 Å². The van der Waals surface area contributed by atoms with Crippen LogP contribution in [0, 0.1) is 17.3 Å². The maximum Gasteiger partial charge on any atom is 0.201 e. The third-order valence-corrected chi connectivity index (χ3v) is 5.65. The second kappa shape index (κ2) is 5.65. The van der Waals surface area contributed by atoms with Crippen molar-refractivity contribution in [2.24, 2.45) is 17.3 Å². The summed E-state index contributed by atoms with van der Waals surface area (Å²) in [6.07, 6.45) is 1.35. The topological polar surface area (TPSA) is 61.8 Å². The Hall–Kier alpha value is -2.30. The minimum Gasteiger partial charge on any atom is -0.493 e. The van der Waals surface area contributed by atoms with Gasteiger partial charge >= 0.3 is 0 Å². The van der Waals surface area contributed by atoms with E-state index in [-0.39, 0.29) is 35.1 Å². The van der Waals surface area contributed by atoms with Crippen LogP contribution in [0.25, 0.3) is 0 Å². The van der Waals surface area contributed by atoms with Crippen molar-refractivity contribution in [1.82, 2.24) is 0 Å². The first-order valence-corrected chi connectivity index (χ1v) is 7.96. The third-order valence-electron chi connectivity index (χ3n) is 5.65. The summed E-state index contributed by atoms with van der Waals surface area (Å²) in [5.41, 5.74) is 0.243. The van der Waals surface area contributed by atoms with Gasteiger partial charge < -0.3 is 14.2 Å². The number of ketones is 2. The molecule has 5 heteroatoms. The summed E-state index contributed by atoms with van der Waals surface area (Å²) in [5, 5.41) is 0. The molecule has 5 nitrogen and oxygen atoms in total. The molecule has 24 heavy (non-hydrogen) atoms. The van der Waals surface area contributed by atoms with Gasteiger partial charge in [0.05, 0.1) is 21.3 Å². The average Bonchev–Trinajstić information content (AvgIpc) is 2.57. The Morgan fingerprint density at radius 1 is 0.958 bits per heavy atom. The number of rotatable bonds is 4. The molecule has 128 valence electrons. The van der Waals surface area contributed by atoms with Crippen LogP contribution in [0.2, 0.25) is 0 Å². The lowest BCUT2D eigenvalue weighted by Gasteiger charge is -2.58. The molecule has 3 rings (SSSR count). The molecule has 0 aliphatic heterocycles. The standard InChI is InChI=1S/C19H22O5/c1-10-16(11-6-7-12(22-3)13(8-11)23-4)19(2)15(20)9-14(24-5)18(21)17(10)19/h6-10,16-17H,1-5H3/t10-,16+,17+,19+/m1/s1. The number of methoxy groups -OCH3 is 3. The predicted octanol–water partition coefficient (Wildman–Crippen LogP) is 2.74. The van der Waals surface area contributed by atoms with Gasteiger partial charge in [-0.1, -0.05) is 19.9 Å². The van der Waals surface area contributed by atoms with Gasteiger partial charge in [-0.2, -0.15) is 0 Å². The fourth-order valence-corrected chi connectivity index (χ4v) is 4.53. The first-order valence-electron chi connectivity index (χ1n) is 7.96. The fourth-order valence-electron chi connectivity index (χ4n) is 4.53. The molecular formula is C19H22O5. The number of benzene rings is 1. The van der Waals surface area contributed by atoms with Gasteiger partial charge in [-0.3, -0.25) is 9.59 Å². The third kappa shape index (κ3) is 2.00. The van der Waals surface area contributed by atoms with E-state index in [1.807, 2.05) is 32.0 Å². The van der Waals surface area contributed by atoms with Gasteiger partial charge in [-0.05, 0) is 23.6 Å². The molecule has 1 fully saturated rings. The molecule has 4 atom stereocenters. The molecule has 0 N–H and O–H groups in total. The highest BCUT2D eigenvalue weighted by Gasteiger charge is 2.66. The Balaban J connectivity index is 2.04. The SMILES string of the molecule is COC1=CC(=O)[C@]2(C)[C@H](C1=O)[C@H](C)[C@H]2c1ccc(OC)c(OC)c1. The molecule has 0 spiro atoms. The van der Waals surface area contributed by atoms with Crippen LogP contribution < -0.4 is 9.47 Å². The van der Waals surface area contributed by atoms with Crippen molar-refractivity contribution in [1.29, 1.82) is 0 Å². The van der Waals surface area contributed by atoms with Crippen molar-refractivity contribution in [2.45, 2.75) is 19.8 Å². The van der Waals surface area contributed by atoms with Gasteiger partial charge in [0.15, 0.2) is 23.0 Å². The fraction of sp³-hybridized carbons (Fsp3) is 0.474. The van der Waals surface area contributed by atoms with Crippen molar-refractivity contribution in [3.63, 3.8) is 0 Å². The number of ether oxygens (including phenoxy) is 3. The van der Waals surface area contributed by atoms with E-state index in [1.54, 1.807) is 14.2 Å². The summed E-state index contributed by atoms with van der Waals surface area (Å²) in [4.78, 5) is 25.3. The first-order chi connectivity index (χ1) is 11.4. The summed E-state index contributed by atoms with van der Waals surface area (Å²) < 4.78 is 15.7. The molecule has 1 aromatic carbocycles. The van der Waals surface area contributed by atoms with Crippen LogP contribution in [0.15, 0.2) is 30.0 Å². The van der Waals surface area contributed by atoms with E-state index in [0.29, 0.717) is 11.5 Å². The molecule has 1 aromatic rings. The van der Waals surface area contributed by atoms with Crippen molar-refractivity contribution >= 4 is 11.6 Å². The molecule has 1 saturated carbocycles. The van der Waals surface area contributed by atoms with E-state index < -0.39 is 5.41 Å². The van der Waals surface area contributed by atoms with Crippen LogP contribution in [0.4, 0.5) is 0 Å². The van der Waals surface area contributed by atoms with E-state index >= 15 is 0 Å². The number of carbonyl (C=O) groups excluding carboxylic acids is 2. The summed E-state index contributed by atoms with van der Waals surface area (Å²) in [5.74, 6) is 0.949. The molecule has 0 amide bonds. The predicted molar refractivity (Wildman–Crippen MR) is 88.2 cm³/mol. The van der Waals surface area contributed by atoms with Crippen LogP contribution in [-0.2, 0) is 14.3 Å². The number of hydrogen-bond donors (Lipinski definition) is 0. The lowest BCUT2D eigenvalue weighted by atomic mass is 9.42. The molecule has 0 unspecified atom stereocenters. The maximum absolute atomic E-state index is 12.7. The summed E-state index contributed by atoms with van der Waals surface area (Å²) in [7, 11) is 4.59. The van der Waals surface area contributed by atoms with Gasteiger partial charge in [0.2, 0.25) is 5.78 Å². The van der Waals surface area contributed by atoms with E-state index in [1.165, 1.54) is 13.2 Å². The Morgan fingerprint density at radius 2 is 1.62 bits per heavy atom. The number of fused-ring (bicyclic) bond motifs is 1. The van der Waals surface area contributed by atoms with Crippen LogP contribution in [0.3, 0.4) is 0 Å². The van der Waals surface area contributed by atoms with Crippen molar-refractivity contribution < 1.29 is 23.8 Å². The van der Waals surface area contributed by atoms with Crippen molar-refractivity contribution in [3.8, 4) is 11.5 Å². The van der Waals surface area contributed by atoms with Crippen LogP contribution in [-0.4, -0.2) is 32.9 Å². The average molecular weight is 330 g/mol. The van der Waals surface area contributed by atoms with E-state index in [4.69, 9.17) is 14.2 Å². The van der Waals surface area contributed by atoms with Gasteiger partial charge in [-0.25, -0.2) is 0 Å². The number of allylic oxidation sites excluding steroid dienone is 2. The Bertz CT molecular complexity index is 735. The molecule has 0 radical (unpaired) electrons. The molecule has 0 heterocycles. The first kappa shape index (κ1) is 16.6. The van der Waals surface area contributed by atoms with Crippen LogP contribution in [0.5, 0.6) is 11.5 Å². The molecule has 0 bridgehead atoms. The number of Topliss-reactive ketones (excluding diaryl/α,β-unsaturated/α-hetero) is 1. The number of hydrogen-bond acceptors (Lipinski definition) is 5.